The van der Waals surface area contributed by atoms with Gasteiger partial charge in [0.2, 0.25) is 10.0 Å². The van der Waals surface area contributed by atoms with Crippen LogP contribution in [0.1, 0.15) is 28.8 Å². The fraction of sp³-hybridized carbons (Fsp3) is 0.409. The topological polar surface area (TPSA) is 79.0 Å². The fourth-order valence-corrected chi connectivity index (χ4v) is 5.49. The van der Waals surface area contributed by atoms with Gasteiger partial charge in [0.25, 0.3) is 5.91 Å². The summed E-state index contributed by atoms with van der Waals surface area (Å²) in [6.07, 6.45) is 2.44. The van der Waals surface area contributed by atoms with E-state index in [9.17, 15) is 13.2 Å². The fourth-order valence-electron chi connectivity index (χ4n) is 3.85. The molecule has 4 rings (SSSR count). The van der Waals surface area contributed by atoms with E-state index in [0.29, 0.717) is 32.8 Å². The summed E-state index contributed by atoms with van der Waals surface area (Å²) in [5.74, 6) is -0.410. The molecule has 2 saturated heterocycles. The SMILES string of the molecule is O=C(NCc1ccc(N2CCCC2)cc1)c1cc(S(=O)(=O)N2CCOCC2)ccc1Cl. The van der Waals surface area contributed by atoms with Crippen molar-refractivity contribution in [3.63, 3.8) is 0 Å². The van der Waals surface area contributed by atoms with E-state index in [2.05, 4.69) is 22.3 Å². The number of rotatable bonds is 6. The molecule has 0 unspecified atom stereocenters. The van der Waals surface area contributed by atoms with E-state index in [1.807, 2.05) is 12.1 Å². The summed E-state index contributed by atoms with van der Waals surface area (Å²) in [5.41, 5.74) is 2.30. The van der Waals surface area contributed by atoms with Gasteiger partial charge in [-0.2, -0.15) is 4.31 Å². The number of amides is 1. The summed E-state index contributed by atoms with van der Waals surface area (Å²) >= 11 is 6.21. The Hall–Kier alpha value is -2.13. The van der Waals surface area contributed by atoms with Crippen molar-refractivity contribution < 1.29 is 17.9 Å². The molecule has 2 heterocycles. The van der Waals surface area contributed by atoms with Gasteiger partial charge in [0, 0.05) is 38.4 Å². The molecular formula is C22H26ClN3O4S. The average molecular weight is 464 g/mol. The Balaban J connectivity index is 1.44. The first-order valence-electron chi connectivity index (χ1n) is 10.4. The third-order valence-electron chi connectivity index (χ3n) is 5.65. The van der Waals surface area contributed by atoms with E-state index >= 15 is 0 Å². The second-order valence-electron chi connectivity index (χ2n) is 7.70. The zero-order chi connectivity index (χ0) is 21.8. The number of nitrogens with one attached hydrogen (secondary N) is 1. The second-order valence-corrected chi connectivity index (χ2v) is 10.0. The third kappa shape index (κ3) is 5.03. The molecule has 2 aromatic rings. The molecule has 0 aromatic heterocycles. The Morgan fingerprint density at radius 1 is 1.00 bits per heavy atom. The van der Waals surface area contributed by atoms with E-state index in [1.54, 1.807) is 0 Å². The Bertz CT molecular complexity index is 1030. The Morgan fingerprint density at radius 2 is 1.68 bits per heavy atom. The molecule has 0 aliphatic carbocycles. The number of hydrogen-bond acceptors (Lipinski definition) is 5. The van der Waals surface area contributed by atoms with Gasteiger partial charge in [-0.15, -0.1) is 0 Å². The molecule has 0 spiro atoms. The summed E-state index contributed by atoms with van der Waals surface area (Å²) in [4.78, 5) is 15.1. The van der Waals surface area contributed by atoms with Crippen LogP contribution >= 0.6 is 11.6 Å². The van der Waals surface area contributed by atoms with Crippen LogP contribution in [0.5, 0.6) is 0 Å². The first kappa shape index (κ1) is 22.1. The second kappa shape index (κ2) is 9.56. The molecule has 166 valence electrons. The highest BCUT2D eigenvalue weighted by atomic mass is 35.5. The van der Waals surface area contributed by atoms with E-state index in [1.165, 1.54) is 41.0 Å². The number of sulfonamides is 1. The van der Waals surface area contributed by atoms with Crippen molar-refractivity contribution in [2.24, 2.45) is 0 Å². The highest BCUT2D eigenvalue weighted by Crippen LogP contribution is 2.24. The van der Waals surface area contributed by atoms with Gasteiger partial charge in [0.1, 0.15) is 0 Å². The van der Waals surface area contributed by atoms with Crippen LogP contribution in [0.15, 0.2) is 47.4 Å². The van der Waals surface area contributed by atoms with Crippen LogP contribution < -0.4 is 10.2 Å². The first-order chi connectivity index (χ1) is 14.9. The van der Waals surface area contributed by atoms with Crippen molar-refractivity contribution in [1.82, 2.24) is 9.62 Å². The molecule has 7 nitrogen and oxygen atoms in total. The van der Waals surface area contributed by atoms with Crippen LogP contribution in [0.4, 0.5) is 5.69 Å². The largest absolute Gasteiger partial charge is 0.379 e. The molecule has 9 heteroatoms. The molecule has 0 bridgehead atoms. The minimum atomic E-state index is -3.70. The average Bonchev–Trinajstić information content (AvgIpc) is 3.33. The van der Waals surface area contributed by atoms with Gasteiger partial charge >= 0.3 is 0 Å². The van der Waals surface area contributed by atoms with Gasteiger partial charge in [-0.3, -0.25) is 4.79 Å². The number of nitrogens with zero attached hydrogens (tertiary/aromatic N) is 2. The Labute approximate surface area is 188 Å². The molecule has 1 N–H and O–H groups in total. The van der Waals surface area contributed by atoms with Crippen molar-refractivity contribution in [2.45, 2.75) is 24.3 Å². The number of anilines is 1. The monoisotopic (exact) mass is 463 g/mol. The van der Waals surface area contributed by atoms with E-state index in [4.69, 9.17) is 16.3 Å². The molecule has 31 heavy (non-hydrogen) atoms. The summed E-state index contributed by atoms with van der Waals surface area (Å²) in [6.45, 7) is 3.79. The molecule has 0 atom stereocenters. The van der Waals surface area contributed by atoms with Crippen LogP contribution in [0, 0.1) is 0 Å². The van der Waals surface area contributed by atoms with Crippen molar-refractivity contribution in [3.8, 4) is 0 Å². The molecule has 2 aliphatic heterocycles. The van der Waals surface area contributed by atoms with Crippen LogP contribution in [0.3, 0.4) is 0 Å². The minimum absolute atomic E-state index is 0.0546. The lowest BCUT2D eigenvalue weighted by Crippen LogP contribution is -2.40. The van der Waals surface area contributed by atoms with E-state index < -0.39 is 15.9 Å². The number of hydrogen-bond donors (Lipinski definition) is 1. The maximum atomic E-state index is 12.9. The van der Waals surface area contributed by atoms with Crippen LogP contribution in [-0.4, -0.2) is 58.0 Å². The van der Waals surface area contributed by atoms with Gasteiger partial charge in [0.05, 0.1) is 28.7 Å². The molecule has 1 amide bonds. The van der Waals surface area contributed by atoms with Crippen molar-refractivity contribution in [3.05, 3.63) is 58.6 Å². The third-order valence-corrected chi connectivity index (χ3v) is 7.88. The quantitative estimate of drug-likeness (QED) is 0.712. The lowest BCUT2D eigenvalue weighted by molar-refractivity contribution is 0.0730. The van der Waals surface area contributed by atoms with Crippen LogP contribution in [-0.2, 0) is 21.3 Å². The first-order valence-corrected chi connectivity index (χ1v) is 12.3. The Kier molecular flexibility index (Phi) is 6.81. The van der Waals surface area contributed by atoms with Crippen LogP contribution in [0.25, 0.3) is 0 Å². The number of carbonyl (C=O) groups excluding carboxylic acids is 1. The zero-order valence-electron chi connectivity index (χ0n) is 17.2. The number of halogens is 1. The van der Waals surface area contributed by atoms with Gasteiger partial charge in [0.15, 0.2) is 0 Å². The highest BCUT2D eigenvalue weighted by molar-refractivity contribution is 7.89. The maximum Gasteiger partial charge on any atom is 0.253 e. The van der Waals surface area contributed by atoms with Crippen molar-refractivity contribution >= 4 is 33.2 Å². The van der Waals surface area contributed by atoms with E-state index in [-0.39, 0.29) is 15.5 Å². The van der Waals surface area contributed by atoms with Crippen molar-refractivity contribution in [1.29, 1.82) is 0 Å². The molecule has 2 aliphatic rings. The maximum absolute atomic E-state index is 12.9. The zero-order valence-corrected chi connectivity index (χ0v) is 18.8. The number of ether oxygens (including phenoxy) is 1. The highest BCUT2D eigenvalue weighted by Gasteiger charge is 2.27. The molecular weight excluding hydrogens is 438 g/mol. The molecule has 2 fully saturated rings. The minimum Gasteiger partial charge on any atom is -0.379 e. The molecule has 0 saturated carbocycles. The summed E-state index contributed by atoms with van der Waals surface area (Å²) in [7, 11) is -3.70. The predicted octanol–water partition coefficient (Wildman–Crippen LogP) is 2.89. The molecule has 0 radical (unpaired) electrons. The summed E-state index contributed by atoms with van der Waals surface area (Å²) < 4.78 is 32.4. The summed E-state index contributed by atoms with van der Waals surface area (Å²) in [5, 5.41) is 3.05. The molecule has 2 aromatic carbocycles. The van der Waals surface area contributed by atoms with Crippen LogP contribution in [0.2, 0.25) is 5.02 Å². The van der Waals surface area contributed by atoms with Gasteiger partial charge < -0.3 is 15.0 Å². The normalized spacial score (nSPS) is 17.6. The van der Waals surface area contributed by atoms with Gasteiger partial charge in [-0.25, -0.2) is 8.42 Å². The Morgan fingerprint density at radius 3 is 2.35 bits per heavy atom. The number of carbonyl (C=O) groups is 1. The number of morpholine rings is 1. The standard InChI is InChI=1S/C22H26ClN3O4S/c23-21-8-7-19(31(28,29)26-11-13-30-14-12-26)15-20(21)22(27)24-16-17-3-5-18(6-4-17)25-9-1-2-10-25/h3-8,15H,1-2,9-14,16H2,(H,24,27). The van der Waals surface area contributed by atoms with Crippen molar-refractivity contribution in [2.75, 3.05) is 44.3 Å². The van der Waals surface area contributed by atoms with Gasteiger partial charge in [-0.1, -0.05) is 23.7 Å². The predicted molar refractivity (Wildman–Crippen MR) is 120 cm³/mol. The summed E-state index contributed by atoms with van der Waals surface area (Å²) in [6, 6.07) is 12.4. The van der Waals surface area contributed by atoms with E-state index in [0.717, 1.165) is 18.7 Å². The van der Waals surface area contributed by atoms with Gasteiger partial charge in [-0.05, 0) is 48.7 Å². The lowest BCUT2D eigenvalue weighted by Gasteiger charge is -2.26. The number of benzene rings is 2. The smallest absolute Gasteiger partial charge is 0.253 e. The lowest BCUT2D eigenvalue weighted by atomic mass is 10.1.